The summed E-state index contributed by atoms with van der Waals surface area (Å²) in [6.45, 7) is 1.55. The highest BCUT2D eigenvalue weighted by molar-refractivity contribution is 7.18. The first-order valence-corrected chi connectivity index (χ1v) is 6.66. The summed E-state index contributed by atoms with van der Waals surface area (Å²) in [6, 6.07) is 8.22. The van der Waals surface area contributed by atoms with Crippen molar-refractivity contribution in [3.8, 4) is 0 Å². The van der Waals surface area contributed by atoms with E-state index in [2.05, 4.69) is 21.4 Å². The topological polar surface area (TPSA) is 42.7 Å². The van der Waals surface area contributed by atoms with Crippen molar-refractivity contribution in [1.82, 2.24) is 19.9 Å². The largest absolute Gasteiger partial charge is 0.337 e. The number of aromatic nitrogens is 3. The number of nitrogens with zero attached hydrogens (tertiary/aromatic N) is 3. The van der Waals surface area contributed by atoms with Crippen LogP contribution < -0.4 is 5.32 Å². The molecule has 0 amide bonds. The van der Waals surface area contributed by atoms with Gasteiger partial charge in [0.1, 0.15) is 10.8 Å². The molecule has 2 aromatic heterocycles. The molecule has 1 N–H and O–H groups in total. The number of para-hydroxylation sites is 1. The van der Waals surface area contributed by atoms with Crippen LogP contribution in [0.1, 0.15) is 10.8 Å². The Morgan fingerprint density at radius 1 is 1.28 bits per heavy atom. The number of rotatable bonds is 4. The van der Waals surface area contributed by atoms with Gasteiger partial charge < -0.3 is 9.88 Å². The molecule has 0 saturated carbocycles. The van der Waals surface area contributed by atoms with E-state index in [0.29, 0.717) is 0 Å². The molecule has 5 heteroatoms. The minimum Gasteiger partial charge on any atom is -0.337 e. The summed E-state index contributed by atoms with van der Waals surface area (Å²) in [7, 11) is 2.00. The van der Waals surface area contributed by atoms with Gasteiger partial charge in [0.05, 0.1) is 16.8 Å². The summed E-state index contributed by atoms with van der Waals surface area (Å²) in [5.41, 5.74) is 1.08. The Labute approximate surface area is 109 Å². The van der Waals surface area contributed by atoms with Crippen LogP contribution in [-0.4, -0.2) is 14.5 Å². The van der Waals surface area contributed by atoms with Crippen molar-refractivity contribution in [1.29, 1.82) is 0 Å². The molecule has 0 radical (unpaired) electrons. The summed E-state index contributed by atoms with van der Waals surface area (Å²) < 4.78 is 3.26. The number of fused-ring (bicyclic) bond motifs is 1. The van der Waals surface area contributed by atoms with Crippen molar-refractivity contribution >= 4 is 21.6 Å². The Balaban J connectivity index is 1.65. The van der Waals surface area contributed by atoms with E-state index in [1.54, 1.807) is 11.3 Å². The van der Waals surface area contributed by atoms with Crippen LogP contribution in [0.4, 0.5) is 0 Å². The summed E-state index contributed by atoms with van der Waals surface area (Å²) >= 11 is 1.74. The summed E-state index contributed by atoms with van der Waals surface area (Å²) in [5.74, 6) is 1.04. The number of benzene rings is 1. The molecule has 2 heterocycles. The normalized spacial score (nSPS) is 11.2. The molecule has 3 aromatic rings. The predicted octanol–water partition coefficient (Wildman–Crippen LogP) is 2.32. The molecule has 0 unspecified atom stereocenters. The molecule has 0 saturated heterocycles. The summed E-state index contributed by atoms with van der Waals surface area (Å²) in [4.78, 5) is 8.86. The Morgan fingerprint density at radius 3 is 2.94 bits per heavy atom. The number of hydrogen-bond donors (Lipinski definition) is 1. The molecule has 3 rings (SSSR count). The Kier molecular flexibility index (Phi) is 3.08. The van der Waals surface area contributed by atoms with Gasteiger partial charge in [-0.1, -0.05) is 12.1 Å². The minimum absolute atomic E-state index is 0.763. The van der Waals surface area contributed by atoms with E-state index in [0.717, 1.165) is 29.4 Å². The van der Waals surface area contributed by atoms with Crippen LogP contribution in [0.25, 0.3) is 10.2 Å². The third-order valence-corrected chi connectivity index (χ3v) is 3.85. The van der Waals surface area contributed by atoms with Crippen LogP contribution in [0.5, 0.6) is 0 Å². The molecule has 0 atom stereocenters. The van der Waals surface area contributed by atoms with Gasteiger partial charge in [0, 0.05) is 26.0 Å². The molecule has 0 spiro atoms. The SMILES string of the molecule is Cn1ccnc1CNCc1nc2ccccc2s1. The number of imidazole rings is 1. The molecular formula is C13H14N4S. The van der Waals surface area contributed by atoms with Crippen LogP contribution >= 0.6 is 11.3 Å². The zero-order chi connectivity index (χ0) is 12.4. The summed E-state index contributed by atoms with van der Waals surface area (Å²) in [6.07, 6.45) is 3.77. The first-order chi connectivity index (χ1) is 8.83. The van der Waals surface area contributed by atoms with Gasteiger partial charge in [-0.3, -0.25) is 0 Å². The standard InChI is InChI=1S/C13H14N4S/c1-17-7-6-15-12(17)8-14-9-13-16-10-4-2-3-5-11(10)18-13/h2-7,14H,8-9H2,1H3. The predicted molar refractivity (Wildman–Crippen MR) is 73.4 cm³/mol. The molecule has 0 bridgehead atoms. The lowest BCUT2D eigenvalue weighted by molar-refractivity contribution is 0.637. The van der Waals surface area contributed by atoms with E-state index < -0.39 is 0 Å². The van der Waals surface area contributed by atoms with Gasteiger partial charge in [-0.05, 0) is 12.1 Å². The minimum atomic E-state index is 0.763. The first-order valence-electron chi connectivity index (χ1n) is 5.84. The molecule has 18 heavy (non-hydrogen) atoms. The van der Waals surface area contributed by atoms with E-state index in [1.807, 2.05) is 42.2 Å². The van der Waals surface area contributed by atoms with Crippen molar-refractivity contribution in [2.75, 3.05) is 0 Å². The van der Waals surface area contributed by atoms with Crippen molar-refractivity contribution in [3.05, 3.63) is 47.5 Å². The lowest BCUT2D eigenvalue weighted by Crippen LogP contribution is -2.15. The average Bonchev–Trinajstić information content (AvgIpc) is 2.96. The molecule has 0 fully saturated rings. The van der Waals surface area contributed by atoms with Gasteiger partial charge in [0.15, 0.2) is 0 Å². The van der Waals surface area contributed by atoms with Crippen molar-refractivity contribution in [2.45, 2.75) is 13.1 Å². The maximum absolute atomic E-state index is 4.58. The highest BCUT2D eigenvalue weighted by Crippen LogP contribution is 2.21. The second-order valence-corrected chi connectivity index (χ2v) is 5.25. The molecule has 0 aliphatic carbocycles. The summed E-state index contributed by atoms with van der Waals surface area (Å²) in [5, 5.41) is 4.49. The van der Waals surface area contributed by atoms with Crippen LogP contribution in [0.2, 0.25) is 0 Å². The average molecular weight is 258 g/mol. The third-order valence-electron chi connectivity index (χ3n) is 2.82. The van der Waals surface area contributed by atoms with Gasteiger partial charge in [0.25, 0.3) is 0 Å². The fraction of sp³-hybridized carbons (Fsp3) is 0.231. The second-order valence-electron chi connectivity index (χ2n) is 4.13. The third kappa shape index (κ3) is 2.27. The zero-order valence-electron chi connectivity index (χ0n) is 10.1. The van der Waals surface area contributed by atoms with E-state index in [9.17, 15) is 0 Å². The fourth-order valence-electron chi connectivity index (χ4n) is 1.84. The van der Waals surface area contributed by atoms with Crippen molar-refractivity contribution in [3.63, 3.8) is 0 Å². The fourth-order valence-corrected chi connectivity index (χ4v) is 2.78. The van der Waals surface area contributed by atoms with E-state index in [4.69, 9.17) is 0 Å². The number of aryl methyl sites for hydroxylation is 1. The van der Waals surface area contributed by atoms with Gasteiger partial charge in [-0.25, -0.2) is 9.97 Å². The van der Waals surface area contributed by atoms with E-state index in [1.165, 1.54) is 4.70 Å². The molecule has 0 aliphatic heterocycles. The van der Waals surface area contributed by atoms with Gasteiger partial charge in [-0.2, -0.15) is 0 Å². The van der Waals surface area contributed by atoms with Gasteiger partial charge in [0.2, 0.25) is 0 Å². The monoisotopic (exact) mass is 258 g/mol. The van der Waals surface area contributed by atoms with Crippen LogP contribution in [0.3, 0.4) is 0 Å². The Bertz CT molecular complexity index is 623. The molecule has 1 aromatic carbocycles. The lowest BCUT2D eigenvalue weighted by Gasteiger charge is -2.02. The highest BCUT2D eigenvalue weighted by atomic mass is 32.1. The Morgan fingerprint density at radius 2 is 2.17 bits per heavy atom. The maximum Gasteiger partial charge on any atom is 0.122 e. The first kappa shape index (κ1) is 11.4. The lowest BCUT2D eigenvalue weighted by atomic mass is 10.3. The Hall–Kier alpha value is -1.72. The van der Waals surface area contributed by atoms with Gasteiger partial charge >= 0.3 is 0 Å². The van der Waals surface area contributed by atoms with Crippen LogP contribution in [0, 0.1) is 0 Å². The molecule has 4 nitrogen and oxygen atoms in total. The zero-order valence-corrected chi connectivity index (χ0v) is 10.9. The van der Waals surface area contributed by atoms with Crippen LogP contribution in [-0.2, 0) is 20.1 Å². The highest BCUT2D eigenvalue weighted by Gasteiger charge is 2.03. The molecule has 92 valence electrons. The smallest absolute Gasteiger partial charge is 0.122 e. The van der Waals surface area contributed by atoms with E-state index >= 15 is 0 Å². The van der Waals surface area contributed by atoms with Crippen molar-refractivity contribution in [2.24, 2.45) is 7.05 Å². The molecular weight excluding hydrogens is 244 g/mol. The van der Waals surface area contributed by atoms with Crippen molar-refractivity contribution < 1.29 is 0 Å². The van der Waals surface area contributed by atoms with E-state index in [-0.39, 0.29) is 0 Å². The number of thiazole rings is 1. The second kappa shape index (κ2) is 4.88. The van der Waals surface area contributed by atoms with Crippen LogP contribution in [0.15, 0.2) is 36.7 Å². The maximum atomic E-state index is 4.58. The number of nitrogens with one attached hydrogen (secondary N) is 1. The van der Waals surface area contributed by atoms with Gasteiger partial charge in [-0.15, -0.1) is 11.3 Å². The number of hydrogen-bond acceptors (Lipinski definition) is 4. The quantitative estimate of drug-likeness (QED) is 0.781. The molecule has 0 aliphatic rings.